The maximum atomic E-state index is 12.7. The summed E-state index contributed by atoms with van der Waals surface area (Å²) in [4.78, 5) is 30.3. The van der Waals surface area contributed by atoms with Crippen LogP contribution >= 0.6 is 0 Å². The average Bonchev–Trinajstić information content (AvgIpc) is 3.57. The normalized spacial score (nSPS) is 17.5. The lowest BCUT2D eigenvalue weighted by atomic mass is 10.2. The van der Waals surface area contributed by atoms with Crippen molar-refractivity contribution in [2.45, 2.75) is 50.4 Å². The molecule has 1 aromatic carbocycles. The molecule has 7 heteroatoms. The van der Waals surface area contributed by atoms with Crippen molar-refractivity contribution >= 4 is 12.1 Å². The van der Waals surface area contributed by atoms with Gasteiger partial charge in [0.2, 0.25) is 0 Å². The van der Waals surface area contributed by atoms with E-state index in [2.05, 4.69) is 4.98 Å². The van der Waals surface area contributed by atoms with Crippen LogP contribution in [0.2, 0.25) is 0 Å². The number of carboxylic acids is 1. The maximum absolute atomic E-state index is 12.7. The molecule has 0 radical (unpaired) electrons. The molecule has 136 valence electrons. The van der Waals surface area contributed by atoms with Crippen molar-refractivity contribution in [1.82, 2.24) is 14.5 Å². The van der Waals surface area contributed by atoms with Crippen LogP contribution in [-0.4, -0.2) is 37.7 Å². The fraction of sp³-hybridized carbons (Fsp3) is 0.421. The second-order valence-electron chi connectivity index (χ2n) is 6.88. The summed E-state index contributed by atoms with van der Waals surface area (Å²) in [5, 5.41) is 9.86. The summed E-state index contributed by atoms with van der Waals surface area (Å²) in [6, 6.07) is 8.48. The van der Waals surface area contributed by atoms with Gasteiger partial charge in [-0.1, -0.05) is 30.3 Å². The van der Waals surface area contributed by atoms with Gasteiger partial charge in [-0.2, -0.15) is 0 Å². The Morgan fingerprint density at radius 2 is 1.96 bits per heavy atom. The summed E-state index contributed by atoms with van der Waals surface area (Å²) in [7, 11) is 0. The largest absolute Gasteiger partial charge is 0.479 e. The summed E-state index contributed by atoms with van der Waals surface area (Å²) in [5.41, 5.74) is 1.41. The minimum atomic E-state index is -1.08. The van der Waals surface area contributed by atoms with E-state index in [4.69, 9.17) is 4.74 Å². The van der Waals surface area contributed by atoms with Crippen LogP contribution in [0.25, 0.3) is 0 Å². The predicted octanol–water partition coefficient (Wildman–Crippen LogP) is 3.14. The van der Waals surface area contributed by atoms with Gasteiger partial charge in [0, 0.05) is 12.1 Å². The van der Waals surface area contributed by atoms with Crippen LogP contribution in [0, 0.1) is 0 Å². The maximum Gasteiger partial charge on any atom is 0.411 e. The van der Waals surface area contributed by atoms with E-state index < -0.39 is 18.1 Å². The highest BCUT2D eigenvalue weighted by Crippen LogP contribution is 2.40. The molecule has 4 rings (SSSR count). The Hall–Kier alpha value is -2.83. The summed E-state index contributed by atoms with van der Waals surface area (Å²) in [6.45, 7) is 0.122. The Balaban J connectivity index is 1.56. The molecule has 0 aliphatic heterocycles. The quantitative estimate of drug-likeness (QED) is 0.825. The Labute approximate surface area is 151 Å². The van der Waals surface area contributed by atoms with Gasteiger partial charge in [0.1, 0.15) is 6.61 Å². The van der Waals surface area contributed by atoms with Gasteiger partial charge in [-0.25, -0.2) is 14.6 Å². The standard InChI is InChI=1S/C19H21N3O4/c23-18(24)17(16-10-20-12-21(16)14-6-7-14)22(15-8-9-15)19(25)26-11-13-4-2-1-3-5-13/h1-5,10,12,14-15,17H,6-9,11H2,(H,23,24). The zero-order valence-electron chi connectivity index (χ0n) is 14.3. The Kier molecular flexibility index (Phi) is 4.36. The molecule has 2 aliphatic rings. The number of benzene rings is 1. The zero-order valence-corrected chi connectivity index (χ0v) is 14.3. The van der Waals surface area contributed by atoms with Gasteiger partial charge in [-0.05, 0) is 31.2 Å². The first kappa shape index (κ1) is 16.6. The first-order valence-electron chi connectivity index (χ1n) is 8.88. The highest BCUT2D eigenvalue weighted by molar-refractivity contribution is 5.81. The highest BCUT2D eigenvalue weighted by atomic mass is 16.6. The number of nitrogens with zero attached hydrogens (tertiary/aromatic N) is 3. The monoisotopic (exact) mass is 355 g/mol. The van der Waals surface area contributed by atoms with Crippen molar-refractivity contribution in [3.63, 3.8) is 0 Å². The first-order valence-corrected chi connectivity index (χ1v) is 8.88. The lowest BCUT2D eigenvalue weighted by Gasteiger charge is -2.28. The molecule has 1 unspecified atom stereocenters. The van der Waals surface area contributed by atoms with E-state index in [-0.39, 0.29) is 18.7 Å². The molecule has 2 aliphatic carbocycles. The van der Waals surface area contributed by atoms with E-state index >= 15 is 0 Å². The second-order valence-corrected chi connectivity index (χ2v) is 6.88. The van der Waals surface area contributed by atoms with Crippen molar-refractivity contribution in [3.8, 4) is 0 Å². The number of hydrogen-bond donors (Lipinski definition) is 1. The molecule has 1 atom stereocenters. The summed E-state index contributed by atoms with van der Waals surface area (Å²) < 4.78 is 7.32. The molecule has 2 saturated carbocycles. The van der Waals surface area contributed by atoms with Gasteiger partial charge in [-0.3, -0.25) is 4.90 Å². The predicted molar refractivity (Wildman–Crippen MR) is 92.4 cm³/mol. The van der Waals surface area contributed by atoms with Crippen molar-refractivity contribution in [2.75, 3.05) is 0 Å². The topological polar surface area (TPSA) is 84.7 Å². The van der Waals surface area contributed by atoms with Crippen molar-refractivity contribution in [1.29, 1.82) is 0 Å². The van der Waals surface area contributed by atoms with E-state index in [0.717, 1.165) is 31.2 Å². The van der Waals surface area contributed by atoms with Crippen LogP contribution in [0.15, 0.2) is 42.9 Å². The summed E-state index contributed by atoms with van der Waals surface area (Å²) in [6.07, 6.45) is 6.23. The van der Waals surface area contributed by atoms with Crippen LogP contribution < -0.4 is 0 Å². The zero-order chi connectivity index (χ0) is 18.1. The molecular formula is C19H21N3O4. The van der Waals surface area contributed by atoms with E-state index in [9.17, 15) is 14.7 Å². The third-order valence-corrected chi connectivity index (χ3v) is 4.78. The van der Waals surface area contributed by atoms with E-state index in [1.807, 2.05) is 34.9 Å². The fourth-order valence-electron chi connectivity index (χ4n) is 3.18. The summed E-state index contributed by atoms with van der Waals surface area (Å²) in [5.74, 6) is -1.06. The second kappa shape index (κ2) is 6.82. The molecule has 7 nitrogen and oxygen atoms in total. The number of imidazole rings is 1. The molecule has 1 amide bonds. The Bertz CT molecular complexity index is 796. The van der Waals surface area contributed by atoms with Crippen LogP contribution in [0.3, 0.4) is 0 Å². The van der Waals surface area contributed by atoms with Gasteiger partial charge >= 0.3 is 12.1 Å². The average molecular weight is 355 g/mol. The molecule has 2 fully saturated rings. The van der Waals surface area contributed by atoms with Gasteiger partial charge in [0.25, 0.3) is 0 Å². The number of ether oxygens (including phenoxy) is 1. The first-order chi connectivity index (χ1) is 12.6. The van der Waals surface area contributed by atoms with Crippen molar-refractivity contribution < 1.29 is 19.4 Å². The lowest BCUT2D eigenvalue weighted by Crippen LogP contribution is -2.41. The third-order valence-electron chi connectivity index (χ3n) is 4.78. The molecule has 26 heavy (non-hydrogen) atoms. The number of amides is 1. The van der Waals surface area contributed by atoms with E-state index in [0.29, 0.717) is 5.69 Å². The number of rotatable bonds is 7. The number of carbonyl (C=O) groups is 2. The molecule has 0 bridgehead atoms. The number of aromatic nitrogens is 2. The molecule has 1 aromatic heterocycles. The molecular weight excluding hydrogens is 334 g/mol. The number of carboxylic acid groups (broad SMARTS) is 1. The number of carbonyl (C=O) groups excluding carboxylic acids is 1. The van der Waals surface area contributed by atoms with Crippen molar-refractivity contribution in [3.05, 3.63) is 54.1 Å². The number of hydrogen-bond acceptors (Lipinski definition) is 4. The lowest BCUT2D eigenvalue weighted by molar-refractivity contribution is -0.143. The fourth-order valence-corrected chi connectivity index (χ4v) is 3.18. The van der Waals surface area contributed by atoms with Crippen LogP contribution in [0.5, 0.6) is 0 Å². The molecule has 1 N–H and O–H groups in total. The SMILES string of the molecule is O=C(O)C(c1cncn1C1CC1)N(C(=O)OCc1ccccc1)C1CC1. The van der Waals surface area contributed by atoms with Gasteiger partial charge in [0.15, 0.2) is 6.04 Å². The molecule has 1 heterocycles. The van der Waals surface area contributed by atoms with E-state index in [1.54, 1.807) is 12.5 Å². The minimum absolute atomic E-state index is 0.0954. The van der Waals surface area contributed by atoms with Gasteiger partial charge < -0.3 is 14.4 Å². The molecule has 0 saturated heterocycles. The van der Waals surface area contributed by atoms with Crippen LogP contribution in [-0.2, 0) is 16.1 Å². The van der Waals surface area contributed by atoms with Gasteiger partial charge in [-0.15, -0.1) is 0 Å². The number of aliphatic carboxylic acids is 1. The third kappa shape index (κ3) is 3.42. The highest BCUT2D eigenvalue weighted by Gasteiger charge is 2.44. The van der Waals surface area contributed by atoms with Gasteiger partial charge in [0.05, 0.1) is 18.2 Å². The molecule has 2 aromatic rings. The summed E-state index contributed by atoms with van der Waals surface area (Å²) >= 11 is 0. The Morgan fingerprint density at radius 3 is 2.58 bits per heavy atom. The molecule has 0 spiro atoms. The van der Waals surface area contributed by atoms with Crippen LogP contribution in [0.1, 0.15) is 49.0 Å². The van der Waals surface area contributed by atoms with E-state index in [1.165, 1.54) is 4.90 Å². The van der Waals surface area contributed by atoms with Crippen molar-refractivity contribution in [2.24, 2.45) is 0 Å². The smallest absolute Gasteiger partial charge is 0.411 e. The minimum Gasteiger partial charge on any atom is -0.479 e. The van der Waals surface area contributed by atoms with Crippen LogP contribution in [0.4, 0.5) is 4.79 Å². The Morgan fingerprint density at radius 1 is 1.23 bits per heavy atom.